The zero-order valence-corrected chi connectivity index (χ0v) is 26.2. The smallest absolute Gasteiger partial charge is 0.0711 e. The van der Waals surface area contributed by atoms with Gasteiger partial charge in [0.25, 0.3) is 0 Å². The van der Waals surface area contributed by atoms with Crippen LogP contribution in [0.5, 0.6) is 0 Å². The zero-order valence-electron chi connectivity index (χ0n) is 24.6. The maximum absolute atomic E-state index is 4.95. The summed E-state index contributed by atoms with van der Waals surface area (Å²) in [6, 6.07) is 13.8. The van der Waals surface area contributed by atoms with Crippen molar-refractivity contribution in [2.24, 2.45) is 5.41 Å². The number of fused-ring (bicyclic) bond motifs is 2. The molecule has 0 bridgehead atoms. The van der Waals surface area contributed by atoms with Gasteiger partial charge in [0.2, 0.25) is 0 Å². The molecule has 2 aromatic carbocycles. The Kier molecular flexibility index (Phi) is 8.75. The van der Waals surface area contributed by atoms with Crippen molar-refractivity contribution in [1.29, 1.82) is 0 Å². The Bertz CT molecular complexity index is 1180. The lowest BCUT2D eigenvalue weighted by Gasteiger charge is -2.44. The van der Waals surface area contributed by atoms with E-state index in [9.17, 15) is 0 Å². The van der Waals surface area contributed by atoms with Crippen LogP contribution < -0.4 is 0 Å². The molecule has 192 valence electrons. The van der Waals surface area contributed by atoms with Gasteiger partial charge in [-0.05, 0) is 74.4 Å². The molecule has 1 aromatic heterocycles. The molecule has 35 heavy (non-hydrogen) atoms. The number of halogens is 1. The number of benzene rings is 2. The van der Waals surface area contributed by atoms with E-state index in [1.54, 1.807) is 0 Å². The maximum atomic E-state index is 4.95. The fourth-order valence-electron chi connectivity index (χ4n) is 5.34. The highest BCUT2D eigenvalue weighted by Gasteiger charge is 2.56. The van der Waals surface area contributed by atoms with Gasteiger partial charge in [0.1, 0.15) is 0 Å². The first-order valence-corrected chi connectivity index (χ1v) is 14.3. The van der Waals surface area contributed by atoms with E-state index >= 15 is 0 Å². The molecule has 1 heterocycles. The quantitative estimate of drug-likeness (QED) is 0.323. The summed E-state index contributed by atoms with van der Waals surface area (Å²) >= 11 is 3.68. The lowest BCUT2D eigenvalue weighted by Crippen LogP contribution is -2.42. The van der Waals surface area contributed by atoms with E-state index in [1.165, 1.54) is 33.0 Å². The average molecular weight is 539 g/mol. The van der Waals surface area contributed by atoms with Crippen molar-refractivity contribution in [3.05, 3.63) is 63.8 Å². The Balaban J connectivity index is 0.00000103. The summed E-state index contributed by atoms with van der Waals surface area (Å²) in [7, 11) is 0. The van der Waals surface area contributed by atoms with E-state index in [-0.39, 0.29) is 21.7 Å². The molecule has 0 radical (unpaired) electrons. The van der Waals surface area contributed by atoms with E-state index in [2.05, 4.69) is 121 Å². The van der Waals surface area contributed by atoms with E-state index in [4.69, 9.17) is 4.98 Å². The second-order valence-corrected chi connectivity index (χ2v) is 12.5. The zero-order chi connectivity index (χ0) is 27.0. The molecule has 1 aliphatic rings. The van der Waals surface area contributed by atoms with Crippen molar-refractivity contribution < 1.29 is 0 Å². The molecule has 0 unspecified atom stereocenters. The Morgan fingerprint density at radius 1 is 0.771 bits per heavy atom. The van der Waals surface area contributed by atoms with Gasteiger partial charge in [0, 0.05) is 21.6 Å². The van der Waals surface area contributed by atoms with Gasteiger partial charge in [0.05, 0.1) is 5.69 Å². The number of nitrogens with zero attached hydrogens (tertiary/aromatic N) is 1. The van der Waals surface area contributed by atoms with Crippen LogP contribution >= 0.6 is 15.9 Å². The maximum Gasteiger partial charge on any atom is 0.0711 e. The lowest BCUT2D eigenvalue weighted by molar-refractivity contribution is 0.125. The number of aromatic nitrogens is 1. The summed E-state index contributed by atoms with van der Waals surface area (Å²) in [5, 5.41) is 2.51. The van der Waals surface area contributed by atoms with Crippen molar-refractivity contribution in [2.45, 2.75) is 113 Å². The van der Waals surface area contributed by atoms with Crippen LogP contribution in [0.3, 0.4) is 0 Å². The monoisotopic (exact) mass is 537 g/mol. The fraction of sp³-hybridized carbons (Fsp3) is 0.545. The largest absolute Gasteiger partial charge is 0.256 e. The molecular weight excluding hydrogens is 490 g/mol. The van der Waals surface area contributed by atoms with E-state index in [1.807, 2.05) is 27.7 Å². The van der Waals surface area contributed by atoms with Crippen LogP contribution in [-0.2, 0) is 16.2 Å². The molecule has 0 atom stereocenters. The summed E-state index contributed by atoms with van der Waals surface area (Å²) in [5.41, 5.74) is 7.07. The van der Waals surface area contributed by atoms with Gasteiger partial charge in [-0.1, -0.05) is 118 Å². The third kappa shape index (κ3) is 4.73. The number of rotatable bonds is 3. The molecule has 0 spiro atoms. The molecule has 0 amide bonds. The molecule has 0 saturated carbocycles. The molecule has 3 aromatic rings. The summed E-state index contributed by atoms with van der Waals surface area (Å²) in [6.45, 7) is 29.3. The van der Waals surface area contributed by atoms with Crippen LogP contribution in [0.1, 0.15) is 113 Å². The van der Waals surface area contributed by atoms with Crippen molar-refractivity contribution in [1.82, 2.24) is 4.98 Å². The Labute approximate surface area is 224 Å². The van der Waals surface area contributed by atoms with Crippen molar-refractivity contribution in [3.63, 3.8) is 0 Å². The molecule has 2 heteroatoms. The standard InChI is InChI=1S/C29H36BrN.2C2H6/c1-10-26(2,3)22-12-11-20(30)16-21(22)25-15-18-13-23-24(14-19(18)17-31-25)28(6,7)29(8,9)27(23,4)5;2*1-2/h11-17H,10H2,1-9H3;2*1-2H3. The van der Waals surface area contributed by atoms with Crippen LogP contribution in [0.4, 0.5) is 0 Å². The number of hydrogen-bond acceptors (Lipinski definition) is 1. The van der Waals surface area contributed by atoms with Gasteiger partial charge in [-0.2, -0.15) is 0 Å². The number of hydrogen-bond donors (Lipinski definition) is 0. The third-order valence-electron chi connectivity index (χ3n) is 9.20. The molecule has 1 aliphatic carbocycles. The summed E-state index contributed by atoms with van der Waals surface area (Å²) < 4.78 is 1.10. The van der Waals surface area contributed by atoms with Gasteiger partial charge in [-0.3, -0.25) is 4.98 Å². The predicted molar refractivity (Wildman–Crippen MR) is 161 cm³/mol. The Morgan fingerprint density at radius 3 is 1.80 bits per heavy atom. The normalized spacial score (nSPS) is 17.1. The minimum absolute atomic E-state index is 0.0979. The highest BCUT2D eigenvalue weighted by atomic mass is 79.9. The second kappa shape index (κ2) is 10.4. The molecular formula is C33H48BrN. The molecule has 0 aliphatic heterocycles. The van der Waals surface area contributed by atoms with Crippen molar-refractivity contribution in [2.75, 3.05) is 0 Å². The van der Waals surface area contributed by atoms with Crippen LogP contribution in [0.2, 0.25) is 0 Å². The fourth-order valence-corrected chi connectivity index (χ4v) is 5.70. The second-order valence-electron chi connectivity index (χ2n) is 11.6. The molecule has 0 saturated heterocycles. The highest BCUT2D eigenvalue weighted by molar-refractivity contribution is 9.10. The Morgan fingerprint density at radius 2 is 1.29 bits per heavy atom. The van der Waals surface area contributed by atoms with Gasteiger partial charge >= 0.3 is 0 Å². The third-order valence-corrected chi connectivity index (χ3v) is 9.69. The minimum Gasteiger partial charge on any atom is -0.256 e. The highest BCUT2D eigenvalue weighted by Crippen LogP contribution is 2.62. The molecule has 0 N–H and O–H groups in total. The van der Waals surface area contributed by atoms with E-state index < -0.39 is 0 Å². The molecule has 4 rings (SSSR count). The van der Waals surface area contributed by atoms with Crippen LogP contribution in [0, 0.1) is 5.41 Å². The topological polar surface area (TPSA) is 12.9 Å². The molecule has 0 fully saturated rings. The van der Waals surface area contributed by atoms with Crippen LogP contribution in [0.15, 0.2) is 47.1 Å². The SMILES string of the molecule is CC.CC.CCC(C)(C)c1ccc(Br)cc1-c1cc2cc3c(cc2cn1)C(C)(C)C(C)(C)C3(C)C. The summed E-state index contributed by atoms with van der Waals surface area (Å²) in [5.74, 6) is 0. The minimum atomic E-state index is 0.0979. The van der Waals surface area contributed by atoms with Gasteiger partial charge in [0.15, 0.2) is 0 Å². The lowest BCUT2D eigenvalue weighted by atomic mass is 9.59. The first kappa shape index (κ1) is 29.6. The van der Waals surface area contributed by atoms with E-state index in [0.717, 1.165) is 16.6 Å². The number of pyridine rings is 1. The summed E-state index contributed by atoms with van der Waals surface area (Å²) in [4.78, 5) is 4.95. The molecule has 1 nitrogen and oxygen atoms in total. The summed E-state index contributed by atoms with van der Waals surface area (Å²) in [6.07, 6.45) is 3.16. The van der Waals surface area contributed by atoms with Crippen molar-refractivity contribution in [3.8, 4) is 11.3 Å². The van der Waals surface area contributed by atoms with Crippen molar-refractivity contribution >= 4 is 26.7 Å². The van der Waals surface area contributed by atoms with Gasteiger partial charge < -0.3 is 0 Å². The van der Waals surface area contributed by atoms with Crippen LogP contribution in [-0.4, -0.2) is 4.98 Å². The average Bonchev–Trinajstić information content (AvgIpc) is 2.94. The van der Waals surface area contributed by atoms with Crippen LogP contribution in [0.25, 0.3) is 22.0 Å². The van der Waals surface area contributed by atoms with Gasteiger partial charge in [-0.25, -0.2) is 0 Å². The first-order chi connectivity index (χ1) is 16.2. The Hall–Kier alpha value is -1.67. The predicted octanol–water partition coefficient (Wildman–Crippen LogP) is 11.0. The first-order valence-electron chi connectivity index (χ1n) is 13.5. The van der Waals surface area contributed by atoms with E-state index in [0.29, 0.717) is 0 Å². The van der Waals surface area contributed by atoms with Gasteiger partial charge in [-0.15, -0.1) is 0 Å².